The molecule has 1 heterocycles. The largest absolute Gasteiger partial charge is 0.463 e. The van der Waals surface area contributed by atoms with E-state index in [0.717, 1.165) is 93.3 Å². The topological polar surface area (TPSA) is 105 Å². The molecule has 3 saturated carbocycles. The lowest BCUT2D eigenvalue weighted by Gasteiger charge is -2.58. The summed E-state index contributed by atoms with van der Waals surface area (Å²) in [4.78, 5) is 12.6. The van der Waals surface area contributed by atoms with Gasteiger partial charge in [-0.05, 0) is 142 Å². The Kier molecular flexibility index (Phi) is 18.7. The van der Waals surface area contributed by atoms with Crippen LogP contribution in [0.4, 0.5) is 0 Å². The lowest BCUT2D eigenvalue weighted by atomic mass is 9.47. The number of carbonyl (C=O) groups excluding carboxylic acids is 1. The standard InChI is InChI=1S/C51H88O7/c1-8-10-11-12-13-14-15-16-17-18-19-20-21-22-45(52)56-34-44-46(53)47(54)48(55)49(58-44)57-39-29-31-50(6)38(33-39)25-26-40-42-28-27-41(51(42,7)32-30-43(40)50)36(5)23-24-37(9-2)35(3)4/h14-15,25,35-37,39-44,46-49,53-55H,8-13,16-24,26-34H2,1-7H3. The Morgan fingerprint density at radius 3 is 2.26 bits per heavy atom. The summed E-state index contributed by atoms with van der Waals surface area (Å²) < 4.78 is 18.0. The molecule has 7 nitrogen and oxygen atoms in total. The van der Waals surface area contributed by atoms with Gasteiger partial charge < -0.3 is 29.5 Å². The van der Waals surface area contributed by atoms with Crippen molar-refractivity contribution in [3.8, 4) is 0 Å². The molecule has 0 aromatic heterocycles. The molecule has 0 amide bonds. The number of esters is 1. The second kappa shape index (κ2) is 22.7. The van der Waals surface area contributed by atoms with Crippen LogP contribution in [-0.2, 0) is 19.0 Å². The van der Waals surface area contributed by atoms with Gasteiger partial charge in [-0.25, -0.2) is 0 Å². The minimum atomic E-state index is -1.44. The number of fused-ring (bicyclic) bond motifs is 5. The van der Waals surface area contributed by atoms with Crippen molar-refractivity contribution in [2.75, 3.05) is 6.61 Å². The van der Waals surface area contributed by atoms with E-state index >= 15 is 0 Å². The first-order valence-corrected chi connectivity index (χ1v) is 24.7. The van der Waals surface area contributed by atoms with E-state index in [2.05, 4.69) is 66.7 Å². The van der Waals surface area contributed by atoms with Crippen LogP contribution >= 0.6 is 0 Å². The Hall–Kier alpha value is -1.25. The molecule has 1 aliphatic heterocycles. The maximum absolute atomic E-state index is 12.6. The number of hydrogen-bond acceptors (Lipinski definition) is 7. The van der Waals surface area contributed by atoms with E-state index in [-0.39, 0.29) is 24.1 Å². The van der Waals surface area contributed by atoms with Crippen molar-refractivity contribution in [3.63, 3.8) is 0 Å². The summed E-state index contributed by atoms with van der Waals surface area (Å²) >= 11 is 0. The van der Waals surface area contributed by atoms with E-state index in [4.69, 9.17) is 14.2 Å². The zero-order chi connectivity index (χ0) is 41.9. The lowest BCUT2D eigenvalue weighted by molar-refractivity contribution is -0.313. The molecular formula is C51H88O7. The predicted molar refractivity (Wildman–Crippen MR) is 235 cm³/mol. The van der Waals surface area contributed by atoms with Crippen molar-refractivity contribution in [1.29, 1.82) is 0 Å². The summed E-state index contributed by atoms with van der Waals surface area (Å²) in [6.07, 6.45) is 27.2. The minimum absolute atomic E-state index is 0.143. The van der Waals surface area contributed by atoms with E-state index < -0.39 is 30.7 Å². The molecule has 334 valence electrons. The quantitative estimate of drug-likeness (QED) is 0.0536. The SMILES string of the molecule is CCCCCCC=CCCCCCCCC(=O)OCC1OC(OC2CCC3(C)C(=CCC4C3CCC3(C)C(C(C)CCC(CC)C(C)C)CCC43)C2)C(O)C(O)C1O. The van der Waals surface area contributed by atoms with Crippen LogP contribution in [0, 0.1) is 52.3 Å². The number of aliphatic hydroxyl groups excluding tert-OH is 3. The van der Waals surface area contributed by atoms with Crippen LogP contribution in [0.5, 0.6) is 0 Å². The monoisotopic (exact) mass is 813 g/mol. The lowest BCUT2D eigenvalue weighted by Crippen LogP contribution is -2.60. The van der Waals surface area contributed by atoms with Crippen LogP contribution in [-0.4, -0.2) is 64.7 Å². The average molecular weight is 813 g/mol. The van der Waals surface area contributed by atoms with E-state index in [1.165, 1.54) is 89.0 Å². The van der Waals surface area contributed by atoms with Gasteiger partial charge in [-0.15, -0.1) is 0 Å². The second-order valence-corrected chi connectivity index (χ2v) is 20.8. The molecule has 0 radical (unpaired) electrons. The predicted octanol–water partition coefficient (Wildman–Crippen LogP) is 11.7. The molecule has 7 heteroatoms. The highest BCUT2D eigenvalue weighted by Crippen LogP contribution is 2.67. The molecule has 5 aliphatic rings. The van der Waals surface area contributed by atoms with E-state index in [1.54, 1.807) is 0 Å². The van der Waals surface area contributed by atoms with Crippen LogP contribution in [0.2, 0.25) is 0 Å². The molecule has 14 unspecified atom stereocenters. The number of hydrogen-bond donors (Lipinski definition) is 3. The Balaban J connectivity index is 1.05. The molecular weight excluding hydrogens is 725 g/mol. The number of unbranched alkanes of at least 4 members (excludes halogenated alkanes) is 9. The molecule has 1 saturated heterocycles. The van der Waals surface area contributed by atoms with Crippen molar-refractivity contribution in [3.05, 3.63) is 23.8 Å². The van der Waals surface area contributed by atoms with Gasteiger partial charge in [0.05, 0.1) is 6.10 Å². The average Bonchev–Trinajstić information content (AvgIpc) is 3.56. The Bertz CT molecular complexity index is 1300. The molecule has 14 atom stereocenters. The maximum Gasteiger partial charge on any atom is 0.305 e. The van der Waals surface area contributed by atoms with Gasteiger partial charge in [-0.3, -0.25) is 4.79 Å². The van der Waals surface area contributed by atoms with Gasteiger partial charge in [0.1, 0.15) is 31.0 Å². The zero-order valence-electron chi connectivity index (χ0n) is 38.2. The van der Waals surface area contributed by atoms with Gasteiger partial charge >= 0.3 is 5.97 Å². The van der Waals surface area contributed by atoms with Gasteiger partial charge in [0.25, 0.3) is 0 Å². The third kappa shape index (κ3) is 11.8. The molecule has 0 aromatic carbocycles. The summed E-state index contributed by atoms with van der Waals surface area (Å²) in [5, 5.41) is 32.5. The molecule has 4 fully saturated rings. The van der Waals surface area contributed by atoms with E-state index in [1.807, 2.05) is 0 Å². The number of allylic oxidation sites excluding steroid dienone is 3. The van der Waals surface area contributed by atoms with Crippen molar-refractivity contribution in [2.45, 2.75) is 233 Å². The summed E-state index contributed by atoms with van der Waals surface area (Å²) in [5.41, 5.74) is 2.12. The van der Waals surface area contributed by atoms with Gasteiger partial charge in [0.15, 0.2) is 6.29 Å². The first kappa shape index (κ1) is 47.8. The molecule has 0 bridgehead atoms. The van der Waals surface area contributed by atoms with Crippen molar-refractivity contribution in [2.24, 2.45) is 52.3 Å². The fourth-order valence-corrected chi connectivity index (χ4v) is 13.0. The highest BCUT2D eigenvalue weighted by molar-refractivity contribution is 5.69. The highest BCUT2D eigenvalue weighted by atomic mass is 16.7. The Morgan fingerprint density at radius 2 is 1.55 bits per heavy atom. The molecule has 58 heavy (non-hydrogen) atoms. The third-order valence-electron chi connectivity index (χ3n) is 16.8. The van der Waals surface area contributed by atoms with Crippen LogP contribution in [0.1, 0.15) is 196 Å². The van der Waals surface area contributed by atoms with E-state index in [0.29, 0.717) is 17.8 Å². The number of ether oxygens (including phenoxy) is 3. The van der Waals surface area contributed by atoms with Crippen molar-refractivity contribution < 1.29 is 34.3 Å². The summed E-state index contributed by atoms with van der Waals surface area (Å²) in [6.45, 7) is 17.0. The van der Waals surface area contributed by atoms with Crippen LogP contribution in [0.25, 0.3) is 0 Å². The first-order valence-electron chi connectivity index (χ1n) is 24.7. The fourth-order valence-electron chi connectivity index (χ4n) is 13.0. The van der Waals surface area contributed by atoms with Gasteiger partial charge in [-0.1, -0.05) is 124 Å². The smallest absolute Gasteiger partial charge is 0.305 e. The number of carbonyl (C=O) groups is 1. The van der Waals surface area contributed by atoms with Crippen LogP contribution < -0.4 is 0 Å². The summed E-state index contributed by atoms with van der Waals surface area (Å²) in [7, 11) is 0. The summed E-state index contributed by atoms with van der Waals surface area (Å²) in [5.74, 6) is 5.21. The normalized spacial score (nSPS) is 37.3. The molecule has 0 spiro atoms. The third-order valence-corrected chi connectivity index (χ3v) is 16.8. The molecule has 0 aromatic rings. The molecule has 4 aliphatic carbocycles. The minimum Gasteiger partial charge on any atom is -0.463 e. The van der Waals surface area contributed by atoms with Crippen molar-refractivity contribution >= 4 is 5.97 Å². The number of rotatable bonds is 23. The van der Waals surface area contributed by atoms with Crippen LogP contribution in [0.3, 0.4) is 0 Å². The van der Waals surface area contributed by atoms with Crippen LogP contribution in [0.15, 0.2) is 23.8 Å². The summed E-state index contributed by atoms with van der Waals surface area (Å²) in [6, 6.07) is 0. The Labute approximate surface area is 354 Å². The number of aliphatic hydroxyl groups is 3. The van der Waals surface area contributed by atoms with Gasteiger partial charge in [0.2, 0.25) is 0 Å². The van der Waals surface area contributed by atoms with E-state index in [9.17, 15) is 20.1 Å². The van der Waals surface area contributed by atoms with Gasteiger partial charge in [-0.2, -0.15) is 0 Å². The second-order valence-electron chi connectivity index (χ2n) is 20.8. The molecule has 3 N–H and O–H groups in total. The van der Waals surface area contributed by atoms with Crippen molar-refractivity contribution in [1.82, 2.24) is 0 Å². The maximum atomic E-state index is 12.6. The fraction of sp³-hybridized carbons (Fsp3) is 0.902. The van der Waals surface area contributed by atoms with Gasteiger partial charge in [0, 0.05) is 6.42 Å². The Morgan fingerprint density at radius 1 is 0.845 bits per heavy atom. The highest BCUT2D eigenvalue weighted by Gasteiger charge is 2.59. The zero-order valence-corrected chi connectivity index (χ0v) is 38.2. The molecule has 5 rings (SSSR count). The first-order chi connectivity index (χ1) is 27.8.